The van der Waals surface area contributed by atoms with Gasteiger partial charge in [-0.2, -0.15) is 4.98 Å². The Morgan fingerprint density at radius 3 is 2.16 bits per heavy atom. The summed E-state index contributed by atoms with van der Waals surface area (Å²) in [5.74, 6) is 0.908. The predicted molar refractivity (Wildman–Crippen MR) is 94.3 cm³/mol. The molecule has 0 aliphatic heterocycles. The SMILES string of the molecule is Cc1ccc(-c2noc(-c3nnn(-c4ccc(C)cc4)c3C)n2)cc1. The Balaban J connectivity index is 1.69. The van der Waals surface area contributed by atoms with Gasteiger partial charge in [-0.15, -0.1) is 5.10 Å². The van der Waals surface area contributed by atoms with Gasteiger partial charge in [-0.05, 0) is 32.9 Å². The third-order valence-corrected chi connectivity index (χ3v) is 4.11. The maximum Gasteiger partial charge on any atom is 0.280 e. The molecule has 4 rings (SSSR count). The first kappa shape index (κ1) is 15.3. The summed E-state index contributed by atoms with van der Waals surface area (Å²) in [6, 6.07) is 16.1. The average Bonchev–Trinajstić information content (AvgIpc) is 3.23. The van der Waals surface area contributed by atoms with Crippen molar-refractivity contribution < 1.29 is 4.52 Å². The fourth-order valence-corrected chi connectivity index (χ4v) is 2.60. The molecule has 0 aliphatic carbocycles. The number of hydrogen-bond donors (Lipinski definition) is 0. The second-order valence-electron chi connectivity index (χ2n) is 6.06. The Hall–Kier alpha value is -3.28. The molecule has 0 N–H and O–H groups in total. The molecule has 6 heteroatoms. The van der Waals surface area contributed by atoms with E-state index in [2.05, 4.69) is 27.4 Å². The molecule has 2 aromatic heterocycles. The summed E-state index contributed by atoms with van der Waals surface area (Å²) in [4.78, 5) is 4.47. The molecule has 0 spiro atoms. The molecular formula is C19H17N5O. The lowest BCUT2D eigenvalue weighted by Gasteiger charge is -2.03. The number of aromatic nitrogens is 5. The zero-order chi connectivity index (χ0) is 17.4. The highest BCUT2D eigenvalue weighted by Crippen LogP contribution is 2.24. The first-order chi connectivity index (χ1) is 12.1. The lowest BCUT2D eigenvalue weighted by Crippen LogP contribution is -1.98. The van der Waals surface area contributed by atoms with E-state index < -0.39 is 0 Å². The summed E-state index contributed by atoms with van der Waals surface area (Å²) in [5.41, 5.74) is 5.67. The van der Waals surface area contributed by atoms with Crippen molar-refractivity contribution in [3.8, 4) is 28.7 Å². The van der Waals surface area contributed by atoms with Crippen LogP contribution in [0.2, 0.25) is 0 Å². The van der Waals surface area contributed by atoms with Crippen molar-refractivity contribution in [1.29, 1.82) is 0 Å². The Morgan fingerprint density at radius 1 is 0.840 bits per heavy atom. The number of benzene rings is 2. The van der Waals surface area contributed by atoms with E-state index in [1.807, 2.05) is 62.4 Å². The molecule has 6 nitrogen and oxygen atoms in total. The quantitative estimate of drug-likeness (QED) is 0.569. The molecule has 0 fully saturated rings. The van der Waals surface area contributed by atoms with Crippen LogP contribution in [0.15, 0.2) is 53.1 Å². The van der Waals surface area contributed by atoms with Gasteiger partial charge in [0.05, 0.1) is 11.4 Å². The number of nitrogens with zero attached hydrogens (tertiary/aromatic N) is 5. The Labute approximate surface area is 145 Å². The van der Waals surface area contributed by atoms with E-state index in [0.29, 0.717) is 17.4 Å². The molecule has 0 unspecified atom stereocenters. The molecule has 0 saturated heterocycles. The van der Waals surface area contributed by atoms with Crippen molar-refractivity contribution in [3.63, 3.8) is 0 Å². The summed E-state index contributed by atoms with van der Waals surface area (Å²) >= 11 is 0. The minimum absolute atomic E-state index is 0.367. The lowest BCUT2D eigenvalue weighted by atomic mass is 10.1. The van der Waals surface area contributed by atoms with Crippen LogP contribution in [0.1, 0.15) is 16.8 Å². The van der Waals surface area contributed by atoms with Gasteiger partial charge >= 0.3 is 0 Å². The molecule has 25 heavy (non-hydrogen) atoms. The van der Waals surface area contributed by atoms with Gasteiger partial charge in [0, 0.05) is 5.56 Å². The van der Waals surface area contributed by atoms with Gasteiger partial charge in [-0.1, -0.05) is 57.9 Å². The molecule has 0 saturated carbocycles. The monoisotopic (exact) mass is 331 g/mol. The smallest absolute Gasteiger partial charge is 0.280 e. The highest BCUT2D eigenvalue weighted by molar-refractivity contribution is 5.59. The molecule has 2 aromatic carbocycles. The van der Waals surface area contributed by atoms with Crippen molar-refractivity contribution in [2.24, 2.45) is 0 Å². The van der Waals surface area contributed by atoms with Crippen LogP contribution in [-0.2, 0) is 0 Å². The van der Waals surface area contributed by atoms with Gasteiger partial charge in [-0.3, -0.25) is 0 Å². The molecular weight excluding hydrogens is 314 g/mol. The molecule has 0 aliphatic rings. The van der Waals surface area contributed by atoms with Crippen molar-refractivity contribution in [3.05, 3.63) is 65.4 Å². The third-order valence-electron chi connectivity index (χ3n) is 4.11. The van der Waals surface area contributed by atoms with E-state index in [1.54, 1.807) is 4.68 Å². The van der Waals surface area contributed by atoms with E-state index in [-0.39, 0.29) is 0 Å². The van der Waals surface area contributed by atoms with Crippen molar-refractivity contribution >= 4 is 0 Å². The van der Waals surface area contributed by atoms with Crippen LogP contribution in [0.25, 0.3) is 28.7 Å². The number of rotatable bonds is 3. The Bertz CT molecular complexity index is 1010. The zero-order valence-corrected chi connectivity index (χ0v) is 14.3. The van der Waals surface area contributed by atoms with Gasteiger partial charge in [-0.25, -0.2) is 4.68 Å². The van der Waals surface area contributed by atoms with E-state index in [9.17, 15) is 0 Å². The van der Waals surface area contributed by atoms with Crippen LogP contribution in [0.3, 0.4) is 0 Å². The fraction of sp³-hybridized carbons (Fsp3) is 0.158. The second-order valence-corrected chi connectivity index (χ2v) is 6.06. The van der Waals surface area contributed by atoms with Crippen molar-refractivity contribution in [2.75, 3.05) is 0 Å². The van der Waals surface area contributed by atoms with Crippen LogP contribution < -0.4 is 0 Å². The molecule has 4 aromatic rings. The van der Waals surface area contributed by atoms with E-state index >= 15 is 0 Å². The molecule has 0 atom stereocenters. The summed E-state index contributed by atoms with van der Waals surface area (Å²) in [6.07, 6.45) is 0. The highest BCUT2D eigenvalue weighted by atomic mass is 16.5. The third kappa shape index (κ3) is 2.82. The van der Waals surface area contributed by atoms with Crippen LogP contribution >= 0.6 is 0 Å². The van der Waals surface area contributed by atoms with E-state index in [4.69, 9.17) is 4.52 Å². The van der Waals surface area contributed by atoms with Crippen LogP contribution in [0, 0.1) is 20.8 Å². The minimum Gasteiger partial charge on any atom is -0.332 e. The summed E-state index contributed by atoms with van der Waals surface area (Å²) in [7, 11) is 0. The molecule has 124 valence electrons. The van der Waals surface area contributed by atoms with Crippen LogP contribution in [0.5, 0.6) is 0 Å². The highest BCUT2D eigenvalue weighted by Gasteiger charge is 2.18. The van der Waals surface area contributed by atoms with Crippen molar-refractivity contribution in [2.45, 2.75) is 20.8 Å². The maximum absolute atomic E-state index is 5.41. The lowest BCUT2D eigenvalue weighted by molar-refractivity contribution is 0.430. The fourth-order valence-electron chi connectivity index (χ4n) is 2.60. The molecule has 2 heterocycles. The number of hydrogen-bond acceptors (Lipinski definition) is 5. The van der Waals surface area contributed by atoms with Crippen molar-refractivity contribution in [1.82, 2.24) is 25.1 Å². The van der Waals surface area contributed by atoms with Crippen LogP contribution in [-0.4, -0.2) is 25.1 Å². The molecule has 0 bridgehead atoms. The summed E-state index contributed by atoms with van der Waals surface area (Å²) in [5, 5.41) is 12.5. The van der Waals surface area contributed by atoms with Gasteiger partial charge in [0.15, 0.2) is 5.69 Å². The number of aryl methyl sites for hydroxylation is 2. The Morgan fingerprint density at radius 2 is 1.48 bits per heavy atom. The standard InChI is InChI=1S/C19H17N5O/c1-12-4-8-15(9-5-12)18-20-19(25-22-18)17-14(3)24(23-21-17)16-10-6-13(2)7-11-16/h4-11H,1-3H3. The van der Waals surface area contributed by atoms with Gasteiger partial charge in [0.2, 0.25) is 5.82 Å². The normalized spacial score (nSPS) is 11.0. The first-order valence-corrected chi connectivity index (χ1v) is 8.02. The minimum atomic E-state index is 0.367. The van der Waals surface area contributed by atoms with Crippen LogP contribution in [0.4, 0.5) is 0 Å². The molecule has 0 radical (unpaired) electrons. The van der Waals surface area contributed by atoms with E-state index in [0.717, 1.165) is 16.9 Å². The van der Waals surface area contributed by atoms with Gasteiger partial charge in [0.1, 0.15) is 0 Å². The van der Waals surface area contributed by atoms with E-state index in [1.165, 1.54) is 11.1 Å². The predicted octanol–water partition coefficient (Wildman–Crippen LogP) is 3.91. The second kappa shape index (κ2) is 5.98. The molecule has 0 amide bonds. The first-order valence-electron chi connectivity index (χ1n) is 8.02. The Kier molecular flexibility index (Phi) is 3.65. The summed E-state index contributed by atoms with van der Waals surface area (Å²) in [6.45, 7) is 6.03. The van der Waals surface area contributed by atoms with Gasteiger partial charge < -0.3 is 4.52 Å². The maximum atomic E-state index is 5.41. The average molecular weight is 331 g/mol. The zero-order valence-electron chi connectivity index (χ0n) is 14.3. The van der Waals surface area contributed by atoms with Gasteiger partial charge in [0.25, 0.3) is 5.89 Å². The summed E-state index contributed by atoms with van der Waals surface area (Å²) < 4.78 is 7.18. The topological polar surface area (TPSA) is 69.6 Å². The largest absolute Gasteiger partial charge is 0.332 e.